The largest absolute Gasteiger partial charge is 0.325 e. The SMILES string of the molecule is Cc1ccc(N2CC(C(=O)Nc3ccccc3C#N)CC2=O)cc1Br. The van der Waals surface area contributed by atoms with Crippen LogP contribution in [-0.2, 0) is 9.59 Å². The number of nitriles is 1. The highest BCUT2D eigenvalue weighted by Crippen LogP contribution is 2.29. The second-order valence-corrected chi connectivity index (χ2v) is 6.84. The van der Waals surface area contributed by atoms with Gasteiger partial charge in [-0.15, -0.1) is 0 Å². The van der Waals surface area contributed by atoms with Gasteiger partial charge in [0.1, 0.15) is 6.07 Å². The molecular weight excluding hydrogens is 382 g/mol. The maximum absolute atomic E-state index is 12.5. The summed E-state index contributed by atoms with van der Waals surface area (Å²) in [7, 11) is 0. The molecule has 1 aliphatic rings. The molecule has 2 aromatic rings. The number of aryl methyl sites for hydroxylation is 1. The van der Waals surface area contributed by atoms with Crippen LogP contribution in [0.3, 0.4) is 0 Å². The van der Waals surface area contributed by atoms with Crippen molar-refractivity contribution in [3.8, 4) is 6.07 Å². The van der Waals surface area contributed by atoms with E-state index in [2.05, 4.69) is 21.2 Å². The number of rotatable bonds is 3. The van der Waals surface area contributed by atoms with Crippen molar-refractivity contribution in [1.29, 1.82) is 5.26 Å². The number of carbonyl (C=O) groups excluding carboxylic acids is 2. The Morgan fingerprint density at radius 1 is 1.32 bits per heavy atom. The lowest BCUT2D eigenvalue weighted by Gasteiger charge is -2.17. The fourth-order valence-corrected chi connectivity index (χ4v) is 3.17. The normalized spacial score (nSPS) is 16.6. The van der Waals surface area contributed by atoms with Crippen molar-refractivity contribution in [2.45, 2.75) is 13.3 Å². The van der Waals surface area contributed by atoms with Crippen molar-refractivity contribution in [3.05, 3.63) is 58.1 Å². The summed E-state index contributed by atoms with van der Waals surface area (Å²) in [5.41, 5.74) is 2.73. The molecule has 25 heavy (non-hydrogen) atoms. The number of benzene rings is 2. The van der Waals surface area contributed by atoms with Crippen molar-refractivity contribution in [1.82, 2.24) is 0 Å². The Morgan fingerprint density at radius 2 is 2.08 bits per heavy atom. The topological polar surface area (TPSA) is 73.2 Å². The van der Waals surface area contributed by atoms with E-state index in [-0.39, 0.29) is 18.2 Å². The summed E-state index contributed by atoms with van der Waals surface area (Å²) >= 11 is 3.47. The smallest absolute Gasteiger partial charge is 0.229 e. The maximum Gasteiger partial charge on any atom is 0.229 e. The van der Waals surface area contributed by atoms with E-state index < -0.39 is 5.92 Å². The van der Waals surface area contributed by atoms with Gasteiger partial charge in [0.05, 0.1) is 17.2 Å². The molecule has 0 spiro atoms. The molecule has 1 saturated heterocycles. The lowest BCUT2D eigenvalue weighted by molar-refractivity contribution is -0.122. The summed E-state index contributed by atoms with van der Waals surface area (Å²) in [5.74, 6) is -0.770. The average Bonchev–Trinajstić information content (AvgIpc) is 3.00. The molecule has 126 valence electrons. The van der Waals surface area contributed by atoms with E-state index in [9.17, 15) is 9.59 Å². The number of nitrogens with one attached hydrogen (secondary N) is 1. The molecule has 1 heterocycles. The number of para-hydroxylation sites is 1. The maximum atomic E-state index is 12.5. The minimum Gasteiger partial charge on any atom is -0.325 e. The summed E-state index contributed by atoms with van der Waals surface area (Å²) in [6.07, 6.45) is 0.159. The summed E-state index contributed by atoms with van der Waals surface area (Å²) in [4.78, 5) is 26.5. The summed E-state index contributed by atoms with van der Waals surface area (Å²) in [6.45, 7) is 2.30. The van der Waals surface area contributed by atoms with Crippen molar-refractivity contribution in [2.75, 3.05) is 16.8 Å². The van der Waals surface area contributed by atoms with E-state index in [0.717, 1.165) is 15.7 Å². The van der Waals surface area contributed by atoms with Gasteiger partial charge in [0, 0.05) is 23.1 Å². The third-order valence-corrected chi connectivity index (χ3v) is 5.12. The predicted molar refractivity (Wildman–Crippen MR) is 99.1 cm³/mol. The van der Waals surface area contributed by atoms with E-state index in [1.54, 1.807) is 29.2 Å². The molecule has 1 aliphatic heterocycles. The average molecular weight is 398 g/mol. The highest BCUT2D eigenvalue weighted by Gasteiger charge is 2.35. The number of nitrogens with zero attached hydrogens (tertiary/aromatic N) is 2. The molecule has 1 unspecified atom stereocenters. The van der Waals surface area contributed by atoms with Gasteiger partial charge in [-0.05, 0) is 36.8 Å². The van der Waals surface area contributed by atoms with E-state index >= 15 is 0 Å². The number of hydrogen-bond donors (Lipinski definition) is 1. The molecule has 0 aliphatic carbocycles. The zero-order valence-corrected chi connectivity index (χ0v) is 15.2. The van der Waals surface area contributed by atoms with Crippen LogP contribution in [0.2, 0.25) is 0 Å². The Balaban J connectivity index is 1.74. The van der Waals surface area contributed by atoms with E-state index in [0.29, 0.717) is 17.8 Å². The number of amides is 2. The van der Waals surface area contributed by atoms with Gasteiger partial charge < -0.3 is 10.2 Å². The standard InChI is InChI=1S/C19H16BrN3O2/c1-12-6-7-15(9-16(12)20)23-11-14(8-18(23)24)19(25)22-17-5-3-2-4-13(17)10-21/h2-7,9,14H,8,11H2,1H3,(H,22,25). The van der Waals surface area contributed by atoms with E-state index in [1.165, 1.54) is 0 Å². The van der Waals surface area contributed by atoms with Crippen LogP contribution < -0.4 is 10.2 Å². The Morgan fingerprint density at radius 3 is 2.80 bits per heavy atom. The van der Waals surface area contributed by atoms with Crippen LogP contribution >= 0.6 is 15.9 Å². The second-order valence-electron chi connectivity index (χ2n) is 5.99. The zero-order chi connectivity index (χ0) is 18.0. The van der Waals surface area contributed by atoms with Crippen molar-refractivity contribution < 1.29 is 9.59 Å². The lowest BCUT2D eigenvalue weighted by atomic mass is 10.1. The molecule has 6 heteroatoms. The van der Waals surface area contributed by atoms with Gasteiger partial charge in [0.25, 0.3) is 0 Å². The van der Waals surface area contributed by atoms with Gasteiger partial charge in [0.2, 0.25) is 11.8 Å². The van der Waals surface area contributed by atoms with Crippen molar-refractivity contribution in [2.24, 2.45) is 5.92 Å². The molecule has 0 radical (unpaired) electrons. The first-order chi connectivity index (χ1) is 12.0. The highest BCUT2D eigenvalue weighted by atomic mass is 79.9. The minimum absolute atomic E-state index is 0.0792. The number of hydrogen-bond acceptors (Lipinski definition) is 3. The Bertz CT molecular complexity index is 888. The third-order valence-electron chi connectivity index (χ3n) is 4.27. The van der Waals surface area contributed by atoms with E-state index in [1.807, 2.05) is 31.2 Å². The fourth-order valence-electron chi connectivity index (χ4n) is 2.81. The Hall–Kier alpha value is -2.65. The molecular formula is C19H16BrN3O2. The molecule has 0 aromatic heterocycles. The number of carbonyl (C=O) groups is 2. The summed E-state index contributed by atoms with van der Waals surface area (Å²) in [5, 5.41) is 11.9. The number of anilines is 2. The molecule has 2 aromatic carbocycles. The van der Waals surface area contributed by atoms with Gasteiger partial charge in [-0.2, -0.15) is 5.26 Å². The van der Waals surface area contributed by atoms with Gasteiger partial charge in [-0.1, -0.05) is 34.1 Å². The first kappa shape index (κ1) is 17.2. The van der Waals surface area contributed by atoms with Crippen LogP contribution in [-0.4, -0.2) is 18.4 Å². The van der Waals surface area contributed by atoms with Gasteiger partial charge in [-0.3, -0.25) is 9.59 Å². The van der Waals surface area contributed by atoms with Crippen molar-refractivity contribution >= 4 is 39.1 Å². The third kappa shape index (κ3) is 3.57. The van der Waals surface area contributed by atoms with Crippen LogP contribution in [0.25, 0.3) is 0 Å². The molecule has 0 saturated carbocycles. The van der Waals surface area contributed by atoms with Crippen LogP contribution in [0.1, 0.15) is 17.5 Å². The highest BCUT2D eigenvalue weighted by molar-refractivity contribution is 9.10. The first-order valence-electron chi connectivity index (χ1n) is 7.86. The van der Waals surface area contributed by atoms with Gasteiger partial charge in [0.15, 0.2) is 0 Å². The minimum atomic E-state index is -0.445. The van der Waals surface area contributed by atoms with Crippen LogP contribution in [0.15, 0.2) is 46.9 Å². The van der Waals surface area contributed by atoms with Crippen molar-refractivity contribution in [3.63, 3.8) is 0 Å². The Labute approximate surface area is 154 Å². The molecule has 3 rings (SSSR count). The predicted octanol–water partition coefficient (Wildman–Crippen LogP) is 3.62. The summed E-state index contributed by atoms with van der Waals surface area (Å²) in [6, 6.07) is 14.6. The Kier molecular flexibility index (Phi) is 4.86. The fraction of sp³-hybridized carbons (Fsp3) is 0.211. The van der Waals surface area contributed by atoms with Crippen LogP contribution in [0.5, 0.6) is 0 Å². The monoisotopic (exact) mass is 397 g/mol. The molecule has 0 bridgehead atoms. The zero-order valence-electron chi connectivity index (χ0n) is 13.6. The van der Waals surface area contributed by atoms with Crippen LogP contribution in [0.4, 0.5) is 11.4 Å². The molecule has 2 amide bonds. The molecule has 5 nitrogen and oxygen atoms in total. The number of halogens is 1. The first-order valence-corrected chi connectivity index (χ1v) is 8.65. The molecule has 1 N–H and O–H groups in total. The summed E-state index contributed by atoms with van der Waals surface area (Å²) < 4.78 is 0.925. The van der Waals surface area contributed by atoms with Crippen LogP contribution in [0, 0.1) is 24.2 Å². The second kappa shape index (κ2) is 7.08. The van der Waals surface area contributed by atoms with E-state index in [4.69, 9.17) is 5.26 Å². The molecule has 1 atom stereocenters. The van der Waals surface area contributed by atoms with Gasteiger partial charge >= 0.3 is 0 Å². The lowest BCUT2D eigenvalue weighted by Crippen LogP contribution is -2.28. The molecule has 1 fully saturated rings. The van der Waals surface area contributed by atoms with Gasteiger partial charge in [-0.25, -0.2) is 0 Å². The quantitative estimate of drug-likeness (QED) is 0.859.